The Bertz CT molecular complexity index is 433. The Morgan fingerprint density at radius 2 is 2.22 bits per heavy atom. The third-order valence-corrected chi connectivity index (χ3v) is 3.91. The van der Waals surface area contributed by atoms with E-state index in [0.29, 0.717) is 22.8 Å². The zero-order valence-electron chi connectivity index (χ0n) is 10.2. The summed E-state index contributed by atoms with van der Waals surface area (Å²) in [6.45, 7) is 2.33. The van der Waals surface area contributed by atoms with E-state index in [1.54, 1.807) is 30.0 Å². The fraction of sp³-hybridized carbons (Fsp3) is 0.462. The van der Waals surface area contributed by atoms with E-state index >= 15 is 0 Å². The molecular weight excluding hydrogens is 252 g/mol. The number of aliphatic hydroxyl groups is 1. The van der Waals surface area contributed by atoms with Crippen molar-refractivity contribution in [2.45, 2.75) is 6.92 Å². The zero-order valence-corrected chi connectivity index (χ0v) is 11.0. The number of Topliss-reactive ketones (excluding diaryl/α,β-unsaturated/α-hetero) is 1. The third-order valence-electron chi connectivity index (χ3n) is 2.64. The van der Waals surface area contributed by atoms with Gasteiger partial charge in [0.25, 0.3) is 0 Å². The average Bonchev–Trinajstić information content (AvgIpc) is 2.85. The maximum Gasteiger partial charge on any atom is 0.231 e. The molecule has 0 saturated carbocycles. The fourth-order valence-corrected chi connectivity index (χ4v) is 2.54. The molecule has 1 aromatic rings. The summed E-state index contributed by atoms with van der Waals surface area (Å²) >= 11 is 1.54. The zero-order chi connectivity index (χ0) is 13.0. The summed E-state index contributed by atoms with van der Waals surface area (Å²) in [5.41, 5.74) is 0.642. The van der Waals surface area contributed by atoms with Crippen molar-refractivity contribution >= 4 is 17.5 Å². The van der Waals surface area contributed by atoms with E-state index in [1.807, 2.05) is 6.92 Å². The molecule has 18 heavy (non-hydrogen) atoms. The first-order chi connectivity index (χ1) is 8.70. The van der Waals surface area contributed by atoms with Crippen molar-refractivity contribution in [2.75, 3.05) is 24.9 Å². The molecule has 4 nitrogen and oxygen atoms in total. The second-order valence-corrected chi connectivity index (χ2v) is 5.32. The number of thioether (sulfide) groups is 1. The van der Waals surface area contributed by atoms with Gasteiger partial charge in [0.1, 0.15) is 0 Å². The molecule has 2 rings (SSSR count). The van der Waals surface area contributed by atoms with E-state index in [4.69, 9.17) is 14.6 Å². The highest BCUT2D eigenvalue weighted by atomic mass is 32.2. The van der Waals surface area contributed by atoms with Gasteiger partial charge in [-0.25, -0.2) is 0 Å². The molecule has 5 heteroatoms. The SMILES string of the molecule is CC(CO)CSCC(=O)c1ccc2c(c1)OCO2. The highest BCUT2D eigenvalue weighted by Crippen LogP contribution is 2.32. The Labute approximate surface area is 110 Å². The lowest BCUT2D eigenvalue weighted by Gasteiger charge is -2.06. The molecule has 1 heterocycles. The number of hydrogen-bond acceptors (Lipinski definition) is 5. The molecule has 0 spiro atoms. The number of carbonyl (C=O) groups excluding carboxylic acids is 1. The van der Waals surface area contributed by atoms with E-state index in [1.165, 1.54) is 0 Å². The lowest BCUT2D eigenvalue weighted by atomic mass is 10.1. The van der Waals surface area contributed by atoms with Crippen molar-refractivity contribution < 1.29 is 19.4 Å². The van der Waals surface area contributed by atoms with Crippen LogP contribution in [-0.4, -0.2) is 35.8 Å². The first-order valence-corrected chi connectivity index (χ1v) is 6.97. The van der Waals surface area contributed by atoms with Crippen LogP contribution in [0.2, 0.25) is 0 Å². The number of ketones is 1. The minimum atomic E-state index is 0.0726. The Kier molecular flexibility index (Phi) is 4.49. The van der Waals surface area contributed by atoms with Crippen molar-refractivity contribution in [1.82, 2.24) is 0 Å². The summed E-state index contributed by atoms with van der Waals surface area (Å²) in [6.07, 6.45) is 0. The summed E-state index contributed by atoms with van der Waals surface area (Å²) in [5, 5.41) is 8.89. The van der Waals surface area contributed by atoms with Crippen LogP contribution in [0.15, 0.2) is 18.2 Å². The lowest BCUT2D eigenvalue weighted by Crippen LogP contribution is -2.08. The van der Waals surface area contributed by atoms with E-state index < -0.39 is 0 Å². The quantitative estimate of drug-likeness (QED) is 0.799. The van der Waals surface area contributed by atoms with Crippen molar-refractivity contribution in [3.63, 3.8) is 0 Å². The van der Waals surface area contributed by atoms with Gasteiger partial charge in [0, 0.05) is 12.2 Å². The summed E-state index contributed by atoms with van der Waals surface area (Å²) in [6, 6.07) is 5.24. The largest absolute Gasteiger partial charge is 0.454 e. The van der Waals surface area contributed by atoms with Gasteiger partial charge in [-0.2, -0.15) is 11.8 Å². The molecular formula is C13H16O4S. The molecule has 0 fully saturated rings. The molecule has 1 aromatic carbocycles. The predicted molar refractivity (Wildman–Crippen MR) is 70.5 cm³/mol. The van der Waals surface area contributed by atoms with Gasteiger partial charge >= 0.3 is 0 Å². The number of fused-ring (bicyclic) bond motifs is 1. The van der Waals surface area contributed by atoms with Gasteiger partial charge in [0.05, 0.1) is 5.75 Å². The van der Waals surface area contributed by atoms with Gasteiger partial charge in [0.15, 0.2) is 17.3 Å². The summed E-state index contributed by atoms with van der Waals surface area (Å²) < 4.78 is 10.4. The highest BCUT2D eigenvalue weighted by molar-refractivity contribution is 7.99. The van der Waals surface area contributed by atoms with Crippen LogP contribution in [0.25, 0.3) is 0 Å². The van der Waals surface area contributed by atoms with Crippen LogP contribution in [0, 0.1) is 5.92 Å². The standard InChI is InChI=1S/C13H16O4S/c1-9(5-14)6-18-7-11(15)10-2-3-12-13(4-10)17-8-16-12/h2-4,9,14H,5-8H2,1H3. The number of aliphatic hydroxyl groups excluding tert-OH is 1. The van der Waals surface area contributed by atoms with Crippen molar-refractivity contribution in [3.8, 4) is 11.5 Å². The molecule has 0 aromatic heterocycles. The molecule has 0 amide bonds. The van der Waals surface area contributed by atoms with Gasteiger partial charge < -0.3 is 14.6 Å². The Hall–Kier alpha value is -1.20. The first kappa shape index (κ1) is 13.2. The van der Waals surface area contributed by atoms with Gasteiger partial charge in [-0.15, -0.1) is 0 Å². The minimum absolute atomic E-state index is 0.0726. The van der Waals surface area contributed by atoms with E-state index in [-0.39, 0.29) is 25.1 Å². The van der Waals surface area contributed by atoms with Crippen LogP contribution in [0.5, 0.6) is 11.5 Å². The van der Waals surface area contributed by atoms with Crippen LogP contribution in [-0.2, 0) is 0 Å². The molecule has 1 unspecified atom stereocenters. The van der Waals surface area contributed by atoms with Crippen molar-refractivity contribution in [3.05, 3.63) is 23.8 Å². The third kappa shape index (κ3) is 3.17. The van der Waals surface area contributed by atoms with E-state index in [2.05, 4.69) is 0 Å². The smallest absolute Gasteiger partial charge is 0.231 e. The van der Waals surface area contributed by atoms with Gasteiger partial charge in [-0.3, -0.25) is 4.79 Å². The fourth-order valence-electron chi connectivity index (χ4n) is 1.56. The first-order valence-electron chi connectivity index (χ1n) is 5.82. The monoisotopic (exact) mass is 268 g/mol. The van der Waals surface area contributed by atoms with Gasteiger partial charge in [0.2, 0.25) is 6.79 Å². The maximum absolute atomic E-state index is 11.9. The second kappa shape index (κ2) is 6.11. The number of benzene rings is 1. The second-order valence-electron chi connectivity index (χ2n) is 4.29. The average molecular weight is 268 g/mol. The molecule has 1 atom stereocenters. The van der Waals surface area contributed by atoms with Crippen LogP contribution in [0.1, 0.15) is 17.3 Å². The Balaban J connectivity index is 1.89. The van der Waals surface area contributed by atoms with Crippen LogP contribution >= 0.6 is 11.8 Å². The number of hydrogen-bond donors (Lipinski definition) is 1. The lowest BCUT2D eigenvalue weighted by molar-refractivity contribution is 0.102. The molecule has 1 aliphatic heterocycles. The van der Waals surface area contributed by atoms with Crippen LogP contribution in [0.3, 0.4) is 0 Å². The van der Waals surface area contributed by atoms with E-state index in [0.717, 1.165) is 5.75 Å². The normalized spacial score (nSPS) is 14.6. The van der Waals surface area contributed by atoms with Crippen molar-refractivity contribution in [2.24, 2.45) is 5.92 Å². The summed E-state index contributed by atoms with van der Waals surface area (Å²) in [7, 11) is 0. The Morgan fingerprint density at radius 1 is 1.44 bits per heavy atom. The number of ether oxygens (including phenoxy) is 2. The minimum Gasteiger partial charge on any atom is -0.454 e. The summed E-state index contributed by atoms with van der Waals surface area (Å²) in [4.78, 5) is 11.9. The molecule has 0 aliphatic carbocycles. The molecule has 1 aliphatic rings. The van der Waals surface area contributed by atoms with Gasteiger partial charge in [-0.1, -0.05) is 6.92 Å². The number of rotatable bonds is 6. The predicted octanol–water partition coefficient (Wildman–Crippen LogP) is 1.96. The van der Waals surface area contributed by atoms with Crippen molar-refractivity contribution in [1.29, 1.82) is 0 Å². The molecule has 1 N–H and O–H groups in total. The highest BCUT2D eigenvalue weighted by Gasteiger charge is 2.16. The molecule has 0 bridgehead atoms. The van der Waals surface area contributed by atoms with Crippen LogP contribution < -0.4 is 9.47 Å². The molecule has 98 valence electrons. The molecule has 0 saturated heterocycles. The topological polar surface area (TPSA) is 55.8 Å². The number of carbonyl (C=O) groups is 1. The van der Waals surface area contributed by atoms with E-state index in [9.17, 15) is 4.79 Å². The maximum atomic E-state index is 11.9. The Morgan fingerprint density at radius 3 is 3.00 bits per heavy atom. The van der Waals surface area contributed by atoms with Crippen LogP contribution in [0.4, 0.5) is 0 Å². The molecule has 0 radical (unpaired) electrons. The summed E-state index contributed by atoms with van der Waals surface area (Å²) in [5.74, 6) is 2.82. The van der Waals surface area contributed by atoms with Gasteiger partial charge in [-0.05, 0) is 29.9 Å².